The van der Waals surface area contributed by atoms with Crippen molar-refractivity contribution in [3.63, 3.8) is 0 Å². The number of hydrogen-bond donors (Lipinski definition) is 1. The van der Waals surface area contributed by atoms with Crippen LogP contribution < -0.4 is 0 Å². The SMILES string of the molecule is CS(=O)(=O)Cc1cc(F)cc2c(C(CCC#N)c3ccc(Cl)cc3Cl)c[nH]c12. The maximum atomic E-state index is 14.3. The molecule has 1 aromatic heterocycles. The summed E-state index contributed by atoms with van der Waals surface area (Å²) in [5, 5.41) is 10.6. The molecule has 4 nitrogen and oxygen atoms in total. The van der Waals surface area contributed by atoms with Crippen LogP contribution >= 0.6 is 23.2 Å². The standard InChI is InChI=1S/C20H17Cl2FN2O2S/c1-28(26,27)11-12-7-14(23)9-17-18(10-25-20(12)17)15(3-2-6-24)16-5-4-13(21)8-19(16)22/h4-5,7-10,15,25H,2-3,11H2,1H3. The first-order valence-electron chi connectivity index (χ1n) is 8.48. The van der Waals surface area contributed by atoms with E-state index in [1.54, 1.807) is 24.4 Å². The molecule has 3 rings (SSSR count). The van der Waals surface area contributed by atoms with Gasteiger partial charge in [0.25, 0.3) is 0 Å². The summed E-state index contributed by atoms with van der Waals surface area (Å²) in [7, 11) is -3.34. The van der Waals surface area contributed by atoms with E-state index in [1.165, 1.54) is 12.1 Å². The minimum Gasteiger partial charge on any atom is -0.361 e. The number of sulfone groups is 1. The van der Waals surface area contributed by atoms with Gasteiger partial charge < -0.3 is 4.98 Å². The van der Waals surface area contributed by atoms with Crippen LogP contribution in [-0.4, -0.2) is 19.7 Å². The van der Waals surface area contributed by atoms with Crippen LogP contribution in [0.5, 0.6) is 0 Å². The number of rotatable bonds is 6. The van der Waals surface area contributed by atoms with E-state index in [0.29, 0.717) is 32.9 Å². The summed E-state index contributed by atoms with van der Waals surface area (Å²) >= 11 is 12.4. The second-order valence-electron chi connectivity index (χ2n) is 6.72. The summed E-state index contributed by atoms with van der Waals surface area (Å²) in [5.74, 6) is -1.06. The van der Waals surface area contributed by atoms with Crippen molar-refractivity contribution in [1.82, 2.24) is 4.98 Å². The summed E-state index contributed by atoms with van der Waals surface area (Å²) in [4.78, 5) is 3.08. The summed E-state index contributed by atoms with van der Waals surface area (Å²) < 4.78 is 37.7. The van der Waals surface area contributed by atoms with Gasteiger partial charge in [0.1, 0.15) is 5.82 Å². The van der Waals surface area contributed by atoms with Gasteiger partial charge in [-0.3, -0.25) is 0 Å². The lowest BCUT2D eigenvalue weighted by Gasteiger charge is -2.18. The van der Waals surface area contributed by atoms with Crippen LogP contribution in [-0.2, 0) is 15.6 Å². The molecule has 0 amide bonds. The molecular weight excluding hydrogens is 422 g/mol. The van der Waals surface area contributed by atoms with Crippen LogP contribution in [0, 0.1) is 17.1 Å². The molecule has 3 aromatic rings. The Morgan fingerprint density at radius 3 is 2.61 bits per heavy atom. The highest BCUT2D eigenvalue weighted by atomic mass is 35.5. The summed E-state index contributed by atoms with van der Waals surface area (Å²) in [6.07, 6.45) is 3.59. The summed E-state index contributed by atoms with van der Waals surface area (Å²) in [6, 6.07) is 9.86. The number of nitrogens with one attached hydrogen (secondary N) is 1. The van der Waals surface area contributed by atoms with Gasteiger partial charge in [0.05, 0.1) is 17.3 Å². The van der Waals surface area contributed by atoms with Crippen molar-refractivity contribution in [3.05, 3.63) is 69.1 Å². The molecule has 146 valence electrons. The van der Waals surface area contributed by atoms with Crippen LogP contribution in [0.3, 0.4) is 0 Å². The zero-order valence-electron chi connectivity index (χ0n) is 15.0. The molecule has 0 saturated carbocycles. The maximum absolute atomic E-state index is 14.3. The quantitative estimate of drug-likeness (QED) is 0.544. The Morgan fingerprint density at radius 1 is 1.21 bits per heavy atom. The summed E-state index contributed by atoms with van der Waals surface area (Å²) in [5.41, 5.74) is 2.46. The molecule has 1 atom stereocenters. The van der Waals surface area contributed by atoms with Crippen molar-refractivity contribution in [3.8, 4) is 6.07 Å². The first-order valence-corrected chi connectivity index (χ1v) is 11.3. The van der Waals surface area contributed by atoms with Gasteiger partial charge in [0.15, 0.2) is 9.84 Å². The maximum Gasteiger partial charge on any atom is 0.151 e. The number of hydrogen-bond acceptors (Lipinski definition) is 3. The number of H-pyrrole nitrogens is 1. The monoisotopic (exact) mass is 438 g/mol. The van der Waals surface area contributed by atoms with E-state index in [1.807, 2.05) is 0 Å². The molecule has 0 aliphatic carbocycles. The number of benzene rings is 2. The number of aromatic nitrogens is 1. The largest absolute Gasteiger partial charge is 0.361 e. The first kappa shape index (κ1) is 20.7. The van der Waals surface area contributed by atoms with Gasteiger partial charge in [-0.05, 0) is 47.4 Å². The molecule has 1 unspecified atom stereocenters. The van der Waals surface area contributed by atoms with Gasteiger partial charge >= 0.3 is 0 Å². The van der Waals surface area contributed by atoms with Gasteiger partial charge in [0, 0.05) is 40.2 Å². The number of fused-ring (bicyclic) bond motifs is 1. The van der Waals surface area contributed by atoms with Crippen molar-refractivity contribution >= 4 is 43.9 Å². The van der Waals surface area contributed by atoms with Crippen molar-refractivity contribution in [1.29, 1.82) is 5.26 Å². The van der Waals surface area contributed by atoms with Crippen LogP contribution in [0.2, 0.25) is 10.0 Å². The van der Waals surface area contributed by atoms with Gasteiger partial charge in [-0.2, -0.15) is 5.26 Å². The fourth-order valence-electron chi connectivity index (χ4n) is 3.45. The lowest BCUT2D eigenvalue weighted by atomic mass is 9.87. The highest BCUT2D eigenvalue weighted by molar-refractivity contribution is 7.89. The Kier molecular flexibility index (Phi) is 5.99. The van der Waals surface area contributed by atoms with Gasteiger partial charge in [-0.15, -0.1) is 0 Å². The molecule has 0 aliphatic rings. The molecule has 8 heteroatoms. The number of nitriles is 1. The molecule has 28 heavy (non-hydrogen) atoms. The normalized spacial score (nSPS) is 12.8. The average Bonchev–Trinajstić information content (AvgIpc) is 2.99. The van der Waals surface area contributed by atoms with Crippen LogP contribution in [0.4, 0.5) is 4.39 Å². The molecule has 2 aromatic carbocycles. The number of nitrogens with zero attached hydrogens (tertiary/aromatic N) is 1. The zero-order valence-corrected chi connectivity index (χ0v) is 17.3. The van der Waals surface area contributed by atoms with E-state index in [2.05, 4.69) is 11.1 Å². The van der Waals surface area contributed by atoms with E-state index in [4.69, 9.17) is 28.5 Å². The van der Waals surface area contributed by atoms with Gasteiger partial charge in [-0.25, -0.2) is 12.8 Å². The molecule has 0 bridgehead atoms. The third-order valence-corrected chi connectivity index (χ3v) is 5.94. The summed E-state index contributed by atoms with van der Waals surface area (Å²) in [6.45, 7) is 0. The van der Waals surface area contributed by atoms with Gasteiger partial charge in [0.2, 0.25) is 0 Å². The molecule has 0 fully saturated rings. The Labute approximate surface area is 172 Å². The predicted molar refractivity (Wildman–Crippen MR) is 110 cm³/mol. The third-order valence-electron chi connectivity index (χ3n) is 4.54. The Balaban J connectivity index is 2.19. The highest BCUT2D eigenvalue weighted by Crippen LogP contribution is 2.39. The molecule has 0 aliphatic heterocycles. The first-order chi connectivity index (χ1) is 13.2. The molecule has 1 heterocycles. The Morgan fingerprint density at radius 2 is 1.96 bits per heavy atom. The van der Waals surface area contributed by atoms with Crippen LogP contribution in [0.25, 0.3) is 10.9 Å². The molecule has 0 spiro atoms. The third kappa shape index (κ3) is 4.49. The molecular formula is C20H17Cl2FN2O2S. The smallest absolute Gasteiger partial charge is 0.151 e. The van der Waals surface area contributed by atoms with Crippen molar-refractivity contribution in [2.24, 2.45) is 0 Å². The van der Waals surface area contributed by atoms with Crippen molar-refractivity contribution < 1.29 is 12.8 Å². The van der Waals surface area contributed by atoms with Crippen LogP contribution in [0.1, 0.15) is 35.4 Å². The fourth-order valence-corrected chi connectivity index (χ4v) is 4.78. The van der Waals surface area contributed by atoms with E-state index >= 15 is 0 Å². The lowest BCUT2D eigenvalue weighted by molar-refractivity contribution is 0.600. The van der Waals surface area contributed by atoms with Crippen LogP contribution in [0.15, 0.2) is 36.5 Å². The molecule has 1 N–H and O–H groups in total. The van der Waals surface area contributed by atoms with E-state index in [0.717, 1.165) is 17.4 Å². The van der Waals surface area contributed by atoms with Gasteiger partial charge in [-0.1, -0.05) is 29.3 Å². The molecule has 0 saturated heterocycles. The number of halogens is 3. The second-order valence-corrected chi connectivity index (χ2v) is 9.70. The average molecular weight is 439 g/mol. The van der Waals surface area contributed by atoms with E-state index < -0.39 is 15.7 Å². The fraction of sp³-hybridized carbons (Fsp3) is 0.250. The Bertz CT molecular complexity index is 1180. The van der Waals surface area contributed by atoms with Crippen molar-refractivity contribution in [2.75, 3.05) is 6.26 Å². The van der Waals surface area contributed by atoms with E-state index in [-0.39, 0.29) is 18.1 Å². The lowest BCUT2D eigenvalue weighted by Crippen LogP contribution is -2.03. The predicted octanol–water partition coefficient (Wildman–Crippen LogP) is 5.59. The minimum absolute atomic E-state index is 0.272. The highest BCUT2D eigenvalue weighted by Gasteiger charge is 2.22. The van der Waals surface area contributed by atoms with E-state index in [9.17, 15) is 12.8 Å². The topological polar surface area (TPSA) is 73.7 Å². The molecule has 0 radical (unpaired) electrons. The van der Waals surface area contributed by atoms with Crippen molar-refractivity contribution in [2.45, 2.75) is 24.5 Å². The zero-order chi connectivity index (χ0) is 20.5. The second kappa shape index (κ2) is 8.12. The number of aromatic amines is 1. The minimum atomic E-state index is -3.34. The Hall–Kier alpha value is -2.07.